The molecule has 1 aromatic heterocycles. The number of carbonyl (C=O) groups is 1. The molecule has 3 rings (SSSR count). The van der Waals surface area contributed by atoms with Gasteiger partial charge in [0.15, 0.2) is 4.84 Å². The predicted octanol–water partition coefficient (Wildman–Crippen LogP) is 5.61. The zero-order valence-corrected chi connectivity index (χ0v) is 16.0. The van der Waals surface area contributed by atoms with Crippen LogP contribution < -0.4 is 5.32 Å². The number of halogens is 2. The van der Waals surface area contributed by atoms with E-state index in [0.29, 0.717) is 11.6 Å². The van der Waals surface area contributed by atoms with Crippen LogP contribution in [0.2, 0.25) is 0 Å². The number of hydrogen-bond acceptors (Lipinski definition) is 2. The van der Waals surface area contributed by atoms with Crippen LogP contribution in [0.25, 0.3) is 22.6 Å². The second-order valence-corrected chi connectivity index (χ2v) is 7.32. The van der Waals surface area contributed by atoms with E-state index in [4.69, 9.17) is 23.2 Å². The maximum absolute atomic E-state index is 11.8. The molecule has 0 spiro atoms. The molecule has 0 fully saturated rings. The van der Waals surface area contributed by atoms with E-state index in [1.54, 1.807) is 12.3 Å². The third-order valence-electron chi connectivity index (χ3n) is 4.09. The highest BCUT2D eigenvalue weighted by Crippen LogP contribution is 2.31. The summed E-state index contributed by atoms with van der Waals surface area (Å²) < 4.78 is 0. The summed E-state index contributed by atoms with van der Waals surface area (Å²) in [4.78, 5) is 18.6. The number of nitrogens with zero attached hydrogens (tertiary/aromatic N) is 1. The first-order valence-electron chi connectivity index (χ1n) is 8.30. The first-order valence-corrected chi connectivity index (χ1v) is 9.17. The minimum Gasteiger partial charge on any atom is -0.338 e. The maximum Gasteiger partial charge on any atom is 0.257 e. The number of alkyl halides is 2. The molecule has 0 aliphatic heterocycles. The Bertz CT molecular complexity index is 919. The molecule has 0 radical (unpaired) electrons. The number of imidazole rings is 1. The van der Waals surface area contributed by atoms with Crippen molar-refractivity contribution >= 4 is 34.8 Å². The summed E-state index contributed by atoms with van der Waals surface area (Å²) in [6.07, 6.45) is 1.76. The lowest BCUT2D eigenvalue weighted by molar-refractivity contribution is -0.114. The molecule has 6 heteroatoms. The Morgan fingerprint density at radius 2 is 1.69 bits per heavy atom. The molecule has 0 aliphatic rings. The molecule has 0 unspecified atom stereocenters. The van der Waals surface area contributed by atoms with Crippen molar-refractivity contribution in [3.05, 3.63) is 60.3 Å². The number of benzene rings is 2. The Kier molecular flexibility index (Phi) is 5.64. The van der Waals surface area contributed by atoms with Gasteiger partial charge in [0.1, 0.15) is 5.82 Å². The molecule has 0 atom stereocenters. The van der Waals surface area contributed by atoms with Crippen LogP contribution in [0.5, 0.6) is 0 Å². The normalized spacial score (nSPS) is 11.2. The van der Waals surface area contributed by atoms with Gasteiger partial charge in [0.2, 0.25) is 0 Å². The number of hydrogen-bond donors (Lipinski definition) is 2. The fraction of sp³-hybridized carbons (Fsp3) is 0.200. The van der Waals surface area contributed by atoms with Crippen molar-refractivity contribution in [3.8, 4) is 22.6 Å². The van der Waals surface area contributed by atoms with Crippen molar-refractivity contribution in [3.63, 3.8) is 0 Å². The molecule has 26 heavy (non-hydrogen) atoms. The average Bonchev–Trinajstić information content (AvgIpc) is 3.11. The van der Waals surface area contributed by atoms with Crippen LogP contribution in [0.1, 0.15) is 25.3 Å². The van der Waals surface area contributed by atoms with Gasteiger partial charge in [0, 0.05) is 11.1 Å². The molecule has 134 valence electrons. The number of aromatic amines is 1. The number of carbonyl (C=O) groups excluding carboxylic acids is 1. The highest BCUT2D eigenvalue weighted by Gasteiger charge is 2.16. The highest BCUT2D eigenvalue weighted by molar-refractivity contribution is 6.54. The van der Waals surface area contributed by atoms with Gasteiger partial charge in [-0.3, -0.25) is 4.79 Å². The van der Waals surface area contributed by atoms with E-state index in [2.05, 4.69) is 41.3 Å². The maximum atomic E-state index is 11.8. The molecule has 0 saturated carbocycles. The smallest absolute Gasteiger partial charge is 0.257 e. The largest absolute Gasteiger partial charge is 0.338 e. The van der Waals surface area contributed by atoms with Gasteiger partial charge in [0.05, 0.1) is 17.6 Å². The third-order valence-corrected chi connectivity index (χ3v) is 4.48. The molecule has 0 saturated heterocycles. The van der Waals surface area contributed by atoms with Gasteiger partial charge in [-0.2, -0.15) is 0 Å². The average molecular weight is 388 g/mol. The van der Waals surface area contributed by atoms with Crippen LogP contribution >= 0.6 is 23.2 Å². The minimum absolute atomic E-state index is 0.385. The number of aromatic nitrogens is 2. The summed E-state index contributed by atoms with van der Waals surface area (Å²) in [5.41, 5.74) is 4.53. The molecule has 2 N–H and O–H groups in total. The molecular formula is C20H19Cl2N3O. The summed E-state index contributed by atoms with van der Waals surface area (Å²) in [5.74, 6) is 0.708. The first-order chi connectivity index (χ1) is 12.5. The Labute approximate surface area is 162 Å². The standard InChI is InChI=1S/C20H19Cl2N3O/c1-12(2)13-7-3-4-8-14(13)19-23-11-17(24-19)15-9-5-6-10-16(15)25-20(26)18(21)22/h3-12,18H,1-2H3,(H,23,24)(H,25,26). The lowest BCUT2D eigenvalue weighted by Gasteiger charge is -2.11. The minimum atomic E-state index is -1.13. The number of nitrogens with one attached hydrogen (secondary N) is 2. The van der Waals surface area contributed by atoms with Gasteiger partial charge in [-0.05, 0) is 17.5 Å². The first kappa shape index (κ1) is 18.5. The van der Waals surface area contributed by atoms with Crippen LogP contribution in [0, 0.1) is 0 Å². The topological polar surface area (TPSA) is 57.8 Å². The summed E-state index contributed by atoms with van der Waals surface area (Å²) in [6, 6.07) is 15.6. The van der Waals surface area contributed by atoms with E-state index in [-0.39, 0.29) is 0 Å². The molecule has 1 heterocycles. The zero-order chi connectivity index (χ0) is 18.7. The summed E-state index contributed by atoms with van der Waals surface area (Å²) >= 11 is 11.3. The van der Waals surface area contributed by atoms with Crippen LogP contribution in [0.4, 0.5) is 5.69 Å². The van der Waals surface area contributed by atoms with E-state index in [0.717, 1.165) is 22.6 Å². The highest BCUT2D eigenvalue weighted by atomic mass is 35.5. The van der Waals surface area contributed by atoms with Crippen LogP contribution in [-0.2, 0) is 4.79 Å². The van der Waals surface area contributed by atoms with Gasteiger partial charge in [-0.15, -0.1) is 0 Å². The number of H-pyrrole nitrogens is 1. The second kappa shape index (κ2) is 7.94. The second-order valence-electron chi connectivity index (χ2n) is 6.22. The van der Waals surface area contributed by atoms with E-state index >= 15 is 0 Å². The number of anilines is 1. The van der Waals surface area contributed by atoms with Gasteiger partial charge in [0.25, 0.3) is 5.91 Å². The molecule has 0 bridgehead atoms. The molecule has 4 nitrogen and oxygen atoms in total. The van der Waals surface area contributed by atoms with Crippen molar-refractivity contribution in [2.45, 2.75) is 24.6 Å². The van der Waals surface area contributed by atoms with Gasteiger partial charge in [-0.25, -0.2) is 4.98 Å². The van der Waals surface area contributed by atoms with E-state index in [9.17, 15) is 4.79 Å². The Balaban J connectivity index is 1.98. The fourth-order valence-corrected chi connectivity index (χ4v) is 2.93. The third kappa shape index (κ3) is 3.92. The zero-order valence-electron chi connectivity index (χ0n) is 14.5. The summed E-state index contributed by atoms with van der Waals surface area (Å²) in [6.45, 7) is 4.31. The Morgan fingerprint density at radius 3 is 2.38 bits per heavy atom. The fourth-order valence-electron chi connectivity index (χ4n) is 2.83. The Morgan fingerprint density at radius 1 is 1.04 bits per heavy atom. The Hall–Kier alpha value is -2.30. The van der Waals surface area contributed by atoms with Crippen molar-refractivity contribution in [2.24, 2.45) is 0 Å². The SMILES string of the molecule is CC(C)c1ccccc1-c1ncc(-c2ccccc2NC(=O)C(Cl)Cl)[nH]1. The van der Waals surface area contributed by atoms with Gasteiger partial charge in [-0.1, -0.05) is 79.5 Å². The van der Waals surface area contributed by atoms with E-state index in [1.807, 2.05) is 30.3 Å². The number of rotatable bonds is 5. The van der Waals surface area contributed by atoms with Gasteiger partial charge >= 0.3 is 0 Å². The lowest BCUT2D eigenvalue weighted by atomic mass is 9.97. The van der Waals surface area contributed by atoms with Crippen molar-refractivity contribution < 1.29 is 4.79 Å². The van der Waals surface area contributed by atoms with Gasteiger partial charge < -0.3 is 10.3 Å². The van der Waals surface area contributed by atoms with Crippen molar-refractivity contribution in [1.82, 2.24) is 9.97 Å². The monoisotopic (exact) mass is 387 g/mol. The number of para-hydroxylation sites is 1. The molecule has 2 aromatic carbocycles. The van der Waals surface area contributed by atoms with Crippen LogP contribution in [-0.4, -0.2) is 20.7 Å². The molecule has 1 amide bonds. The van der Waals surface area contributed by atoms with Crippen LogP contribution in [0.15, 0.2) is 54.7 Å². The van der Waals surface area contributed by atoms with Crippen LogP contribution in [0.3, 0.4) is 0 Å². The molecular weight excluding hydrogens is 369 g/mol. The van der Waals surface area contributed by atoms with E-state index < -0.39 is 10.7 Å². The quantitative estimate of drug-likeness (QED) is 0.558. The van der Waals surface area contributed by atoms with Crippen molar-refractivity contribution in [1.29, 1.82) is 0 Å². The predicted molar refractivity (Wildman–Crippen MR) is 108 cm³/mol. The van der Waals surface area contributed by atoms with E-state index in [1.165, 1.54) is 5.56 Å². The summed E-state index contributed by atoms with van der Waals surface area (Å²) in [5, 5.41) is 2.74. The number of amides is 1. The molecule has 3 aromatic rings. The van der Waals surface area contributed by atoms with Crippen molar-refractivity contribution in [2.75, 3.05) is 5.32 Å². The summed E-state index contributed by atoms with van der Waals surface area (Å²) in [7, 11) is 0. The molecule has 0 aliphatic carbocycles. The lowest BCUT2D eigenvalue weighted by Crippen LogP contribution is -2.18.